The Balaban J connectivity index is 0. The van der Waals surface area contributed by atoms with Crippen molar-refractivity contribution in [3.05, 3.63) is 57.6 Å². The number of methoxy groups -OCH3 is 2. The van der Waals surface area contributed by atoms with Crippen molar-refractivity contribution in [1.29, 1.82) is 5.26 Å². The fourth-order valence-corrected chi connectivity index (χ4v) is 3.19. The number of nitrogens with zero attached hydrogens (tertiary/aromatic N) is 4. The Kier molecular flexibility index (Phi) is 26.6. The third kappa shape index (κ3) is 19.1. The maximum atomic E-state index is 11.7. The van der Waals surface area contributed by atoms with E-state index in [9.17, 15) is 9.59 Å². The van der Waals surface area contributed by atoms with Crippen LogP contribution in [0, 0.1) is 11.3 Å². The first kappa shape index (κ1) is 38.5. The Hall–Kier alpha value is -2.66. The first-order chi connectivity index (χ1) is 18.8. The number of pyridine rings is 2. The van der Waals surface area contributed by atoms with E-state index in [0.29, 0.717) is 42.4 Å². The van der Waals surface area contributed by atoms with Gasteiger partial charge in [-0.15, -0.1) is 0 Å². The summed E-state index contributed by atoms with van der Waals surface area (Å²) >= 11 is 6.45. The van der Waals surface area contributed by atoms with E-state index in [1.54, 1.807) is 40.3 Å². The number of nitriles is 1. The van der Waals surface area contributed by atoms with Crippen LogP contribution in [0.15, 0.2) is 39.4 Å². The summed E-state index contributed by atoms with van der Waals surface area (Å²) in [5, 5.41) is 7.32. The van der Waals surface area contributed by atoms with Crippen LogP contribution in [-0.4, -0.2) is 70.2 Å². The van der Waals surface area contributed by atoms with Gasteiger partial charge in [-0.25, -0.2) is 19.6 Å². The molecule has 0 atom stereocenters. The van der Waals surface area contributed by atoms with Gasteiger partial charge in [0.25, 0.3) is 0 Å². The topological polar surface area (TPSA) is 133 Å². The van der Waals surface area contributed by atoms with Crippen LogP contribution in [0.2, 0.25) is 0 Å². The predicted octanol–water partition coefficient (Wildman–Crippen LogP) is 5.15. The Bertz CT molecular complexity index is 1010. The normalized spacial score (nSPS) is 9.15. The molecule has 0 saturated carbocycles. The zero-order chi connectivity index (χ0) is 29.9. The summed E-state index contributed by atoms with van der Waals surface area (Å²) in [6, 6.07) is 9.18. The molecule has 10 nitrogen and oxygen atoms in total. The van der Waals surface area contributed by atoms with E-state index in [2.05, 4.69) is 50.7 Å². The molecule has 39 heavy (non-hydrogen) atoms. The van der Waals surface area contributed by atoms with Crippen molar-refractivity contribution >= 4 is 48.3 Å². The quantitative estimate of drug-likeness (QED) is 0.112. The van der Waals surface area contributed by atoms with Crippen LogP contribution in [0.5, 0.6) is 0 Å². The van der Waals surface area contributed by atoms with Gasteiger partial charge < -0.3 is 18.9 Å². The predicted molar refractivity (Wildman–Crippen MR) is 157 cm³/mol. The summed E-state index contributed by atoms with van der Waals surface area (Å²) in [4.78, 5) is 31.5. The van der Waals surface area contributed by atoms with E-state index < -0.39 is 0 Å². The molecule has 0 amide bonds. The summed E-state index contributed by atoms with van der Waals surface area (Å²) in [7, 11) is 7.66. The van der Waals surface area contributed by atoms with E-state index in [1.807, 2.05) is 24.3 Å². The van der Waals surface area contributed by atoms with E-state index in [0.717, 1.165) is 36.8 Å². The van der Waals surface area contributed by atoms with Crippen molar-refractivity contribution in [1.82, 2.24) is 9.97 Å². The number of esters is 2. The van der Waals surface area contributed by atoms with Gasteiger partial charge in [0.1, 0.15) is 4.60 Å². The molecular weight excluding hydrogens is 587 g/mol. The van der Waals surface area contributed by atoms with Crippen molar-refractivity contribution in [2.75, 3.05) is 40.6 Å². The average Bonchev–Trinajstić information content (AvgIpc) is 2.91. The number of halogens is 1. The molecular formula is C26H37BBrN4O6S. The van der Waals surface area contributed by atoms with E-state index in [1.165, 1.54) is 6.92 Å². The van der Waals surface area contributed by atoms with Crippen molar-refractivity contribution < 1.29 is 28.5 Å². The number of rotatable bonds is 12. The Morgan fingerprint density at radius 3 is 1.92 bits per heavy atom. The number of thiol groups is 1. The van der Waals surface area contributed by atoms with Crippen LogP contribution >= 0.6 is 28.7 Å². The standard InChI is InChI=1S/C12H16BrNO3.C12H17NO3.C2H3N.BHNS/c1-3-17-12(15)11-9(5-4-8-16-2)6-7-10(13)14-11;1-3-16-12(14)11-10(6-4-8-13-11)7-5-9-15-2;2*1-2-3/h6-7H,3-5,8H2,1-2H3;4,6,8H,3,5,7,9H2,1-2H3;1H3;3H. The third-order valence-corrected chi connectivity index (χ3v) is 4.80. The van der Waals surface area contributed by atoms with Gasteiger partial charge in [-0.1, -0.05) is 12.1 Å². The van der Waals surface area contributed by atoms with Gasteiger partial charge in [-0.3, -0.25) is 0 Å². The molecule has 2 heterocycles. The van der Waals surface area contributed by atoms with Gasteiger partial charge >= 0.3 is 36.7 Å². The number of hydrogen-bond donors (Lipinski definition) is 1. The first-order valence-electron chi connectivity index (χ1n) is 12.1. The fourth-order valence-electron chi connectivity index (χ4n) is 2.88. The average molecular weight is 624 g/mol. The third-order valence-electron chi connectivity index (χ3n) is 4.36. The molecule has 2 aromatic rings. The Morgan fingerprint density at radius 2 is 1.46 bits per heavy atom. The monoisotopic (exact) mass is 623 g/mol. The van der Waals surface area contributed by atoms with Crippen molar-refractivity contribution in [3.63, 3.8) is 0 Å². The summed E-state index contributed by atoms with van der Waals surface area (Å²) in [5.74, 6) is -0.725. The molecule has 2 rings (SSSR count). The summed E-state index contributed by atoms with van der Waals surface area (Å²) in [6.07, 6.45) is 4.85. The SMILES string of the molecule is CC#N.CCOC(=O)c1nc(Br)ccc1CCCOC.CCOC(=O)c1ncccc1CCCOC.[B]=NS. The molecule has 0 saturated heterocycles. The molecule has 0 unspecified atom stereocenters. The summed E-state index contributed by atoms with van der Waals surface area (Å²) < 4.78 is 23.2. The summed E-state index contributed by atoms with van der Waals surface area (Å²) in [5.41, 5.74) is 2.61. The van der Waals surface area contributed by atoms with Crippen LogP contribution < -0.4 is 0 Å². The van der Waals surface area contributed by atoms with Gasteiger partial charge in [0.15, 0.2) is 11.4 Å². The molecule has 213 valence electrons. The zero-order valence-corrected chi connectivity index (χ0v) is 25.7. The minimum absolute atomic E-state index is 0.351. The van der Waals surface area contributed by atoms with Gasteiger partial charge in [0.2, 0.25) is 0 Å². The van der Waals surface area contributed by atoms with E-state index in [4.69, 9.17) is 24.2 Å². The van der Waals surface area contributed by atoms with Crippen LogP contribution in [0.1, 0.15) is 65.7 Å². The molecule has 0 N–H and O–H groups in total. The van der Waals surface area contributed by atoms with Crippen molar-refractivity contribution in [2.24, 2.45) is 4.30 Å². The molecule has 0 bridgehead atoms. The van der Waals surface area contributed by atoms with Gasteiger partial charge in [0.05, 0.1) is 19.3 Å². The molecule has 0 aromatic carbocycles. The van der Waals surface area contributed by atoms with Crippen LogP contribution in [-0.2, 0) is 31.8 Å². The second-order valence-electron chi connectivity index (χ2n) is 7.13. The maximum absolute atomic E-state index is 11.7. The molecule has 0 aliphatic carbocycles. The number of carbonyl (C=O) groups is 2. The molecule has 13 heteroatoms. The zero-order valence-electron chi connectivity index (χ0n) is 23.2. The van der Waals surface area contributed by atoms with Gasteiger partial charge in [0, 0.05) is 40.6 Å². The molecule has 2 aromatic heterocycles. The Labute approximate surface area is 246 Å². The molecule has 1 radical (unpaired) electrons. The first-order valence-corrected chi connectivity index (χ1v) is 13.3. The van der Waals surface area contributed by atoms with Gasteiger partial charge in [-0.2, -0.15) is 5.26 Å². The second-order valence-corrected chi connectivity index (χ2v) is 8.17. The minimum atomic E-state index is -0.374. The van der Waals surface area contributed by atoms with Crippen molar-refractivity contribution in [2.45, 2.75) is 46.5 Å². The molecule has 0 aliphatic rings. The van der Waals surface area contributed by atoms with Crippen LogP contribution in [0.25, 0.3) is 0 Å². The van der Waals surface area contributed by atoms with E-state index in [-0.39, 0.29) is 11.9 Å². The van der Waals surface area contributed by atoms with Gasteiger partial charge in [-0.05, 0) is 78.7 Å². The van der Waals surface area contributed by atoms with Crippen LogP contribution in [0.4, 0.5) is 0 Å². The number of hydrogen-bond acceptors (Lipinski definition) is 11. The van der Waals surface area contributed by atoms with Crippen molar-refractivity contribution in [3.8, 4) is 6.07 Å². The fraction of sp³-hybridized carbons (Fsp3) is 0.500. The van der Waals surface area contributed by atoms with Crippen LogP contribution in [0.3, 0.4) is 0 Å². The molecule has 0 aliphatic heterocycles. The second kappa shape index (κ2) is 26.9. The van der Waals surface area contributed by atoms with E-state index >= 15 is 0 Å². The number of aryl methyl sites for hydroxylation is 2. The number of carbonyl (C=O) groups excluding carboxylic acids is 2. The Morgan fingerprint density at radius 1 is 1.00 bits per heavy atom. The number of aromatic nitrogens is 2. The molecule has 0 spiro atoms. The molecule has 0 fully saturated rings. The summed E-state index contributed by atoms with van der Waals surface area (Å²) in [6.45, 7) is 7.05. The number of ether oxygens (including phenoxy) is 4.